The summed E-state index contributed by atoms with van der Waals surface area (Å²) in [7, 11) is 0. The Labute approximate surface area is 231 Å². The molecule has 0 saturated heterocycles. The maximum absolute atomic E-state index is 2.59. The highest BCUT2D eigenvalue weighted by atomic mass is 32.1. The summed E-state index contributed by atoms with van der Waals surface area (Å²) >= 11 is 4.21. The molecule has 0 spiro atoms. The maximum Gasteiger partial charge on any atom is 0.0387 e. The first-order valence-corrected chi connectivity index (χ1v) is 16.7. The number of aryl methyl sites for hydroxylation is 2. The molecular formula is C34H54S2. The van der Waals surface area contributed by atoms with E-state index in [0.29, 0.717) is 0 Å². The Morgan fingerprint density at radius 2 is 0.833 bits per heavy atom. The summed E-state index contributed by atoms with van der Waals surface area (Å²) in [5, 5.41) is 3.18. The Kier molecular flexibility index (Phi) is 11.0. The second kappa shape index (κ2) is 13.3. The highest BCUT2D eigenvalue weighted by Crippen LogP contribution is 2.46. The third-order valence-electron chi connectivity index (χ3n) is 7.70. The van der Waals surface area contributed by atoms with Crippen LogP contribution in [-0.4, -0.2) is 0 Å². The molecule has 3 rings (SSSR count). The van der Waals surface area contributed by atoms with Gasteiger partial charge in [0.25, 0.3) is 0 Å². The van der Waals surface area contributed by atoms with Crippen molar-refractivity contribution in [1.82, 2.24) is 0 Å². The van der Waals surface area contributed by atoms with Gasteiger partial charge in [0, 0.05) is 19.2 Å². The Morgan fingerprint density at radius 1 is 0.500 bits per heavy atom. The maximum atomic E-state index is 2.59. The molecule has 202 valence electrons. The minimum absolute atomic E-state index is 0.211. The van der Waals surface area contributed by atoms with Crippen molar-refractivity contribution in [3.63, 3.8) is 0 Å². The lowest BCUT2D eigenvalue weighted by atomic mass is 9.90. The highest BCUT2D eigenvalue weighted by molar-refractivity contribution is 7.21. The van der Waals surface area contributed by atoms with E-state index in [1.54, 1.807) is 41.1 Å². The van der Waals surface area contributed by atoms with Gasteiger partial charge >= 0.3 is 0 Å². The first-order chi connectivity index (χ1) is 17.1. The Bertz CT molecular complexity index is 940. The second-order valence-electron chi connectivity index (χ2n) is 13.2. The largest absolute Gasteiger partial charge is 0.139 e. The molecule has 1 aromatic carbocycles. The van der Waals surface area contributed by atoms with Gasteiger partial charge in [-0.1, -0.05) is 120 Å². The average molecular weight is 527 g/mol. The SMILES string of the molecule is CCCCCCCCc1c2cc(C(C)(C)C)sc2c(CCCCCCCC)c2cc(C(C)(C)C)sc12. The van der Waals surface area contributed by atoms with Crippen molar-refractivity contribution in [1.29, 1.82) is 0 Å². The van der Waals surface area contributed by atoms with Crippen LogP contribution in [0.25, 0.3) is 20.2 Å². The highest BCUT2D eigenvalue weighted by Gasteiger charge is 2.25. The van der Waals surface area contributed by atoms with Crippen LogP contribution < -0.4 is 0 Å². The van der Waals surface area contributed by atoms with E-state index < -0.39 is 0 Å². The van der Waals surface area contributed by atoms with E-state index in [9.17, 15) is 0 Å². The van der Waals surface area contributed by atoms with E-state index in [2.05, 4.69) is 90.2 Å². The van der Waals surface area contributed by atoms with E-state index in [0.717, 1.165) is 0 Å². The molecule has 0 amide bonds. The molecule has 0 bridgehead atoms. The molecule has 0 aliphatic rings. The fraction of sp³-hybridized carbons (Fsp3) is 0.706. The monoisotopic (exact) mass is 526 g/mol. The van der Waals surface area contributed by atoms with Gasteiger partial charge in [0.1, 0.15) is 0 Å². The second-order valence-corrected chi connectivity index (χ2v) is 15.3. The van der Waals surface area contributed by atoms with Gasteiger partial charge in [0.15, 0.2) is 0 Å². The van der Waals surface area contributed by atoms with Crippen molar-refractivity contribution < 1.29 is 0 Å². The van der Waals surface area contributed by atoms with Gasteiger partial charge < -0.3 is 0 Å². The number of unbranched alkanes of at least 4 members (excludes halogenated alkanes) is 10. The molecule has 2 heteroatoms. The van der Waals surface area contributed by atoms with Crippen molar-refractivity contribution in [2.45, 2.75) is 156 Å². The molecule has 0 fully saturated rings. The summed E-state index contributed by atoms with van der Waals surface area (Å²) in [6.45, 7) is 19.0. The number of benzene rings is 1. The summed E-state index contributed by atoms with van der Waals surface area (Å²) < 4.78 is 3.22. The van der Waals surface area contributed by atoms with Gasteiger partial charge in [-0.15, -0.1) is 22.7 Å². The number of fused-ring (bicyclic) bond motifs is 2. The molecule has 36 heavy (non-hydrogen) atoms. The summed E-state index contributed by atoms with van der Waals surface area (Å²) in [6.07, 6.45) is 18.9. The van der Waals surface area contributed by atoms with Crippen LogP contribution in [0.5, 0.6) is 0 Å². The number of hydrogen-bond donors (Lipinski definition) is 0. The van der Waals surface area contributed by atoms with E-state index in [1.165, 1.54) is 89.9 Å². The minimum Gasteiger partial charge on any atom is -0.139 e. The lowest BCUT2D eigenvalue weighted by Gasteiger charge is -2.15. The van der Waals surface area contributed by atoms with E-state index in [1.807, 2.05) is 0 Å². The lowest BCUT2D eigenvalue weighted by molar-refractivity contribution is 0.604. The molecule has 0 saturated carbocycles. The summed E-state index contributed by atoms with van der Waals surface area (Å²) in [5.74, 6) is 0. The van der Waals surface area contributed by atoms with Crippen LogP contribution in [0.4, 0.5) is 0 Å². The van der Waals surface area contributed by atoms with Crippen LogP contribution >= 0.6 is 22.7 Å². The molecule has 2 heterocycles. The molecular weight excluding hydrogens is 473 g/mol. The molecule has 0 aliphatic carbocycles. The number of thiophene rings is 2. The van der Waals surface area contributed by atoms with Crippen LogP contribution in [0, 0.1) is 0 Å². The zero-order valence-corrected chi connectivity index (χ0v) is 26.5. The van der Waals surface area contributed by atoms with Crippen molar-refractivity contribution in [2.24, 2.45) is 0 Å². The van der Waals surface area contributed by atoms with Crippen LogP contribution in [0.2, 0.25) is 0 Å². The van der Waals surface area contributed by atoms with Gasteiger partial charge in [0.05, 0.1) is 0 Å². The van der Waals surface area contributed by atoms with E-state index in [4.69, 9.17) is 0 Å². The van der Waals surface area contributed by atoms with Crippen molar-refractivity contribution >= 4 is 42.8 Å². The summed E-state index contributed by atoms with van der Waals surface area (Å²) in [6, 6.07) is 5.18. The Morgan fingerprint density at radius 3 is 1.17 bits per heavy atom. The molecule has 3 aromatic rings. The van der Waals surface area contributed by atoms with Gasteiger partial charge in [-0.3, -0.25) is 0 Å². The zero-order valence-electron chi connectivity index (χ0n) is 24.9. The fourth-order valence-electron chi connectivity index (χ4n) is 5.32. The normalized spacial score (nSPS) is 12.9. The predicted octanol–water partition coefficient (Wildman–Crippen LogP) is 12.5. The van der Waals surface area contributed by atoms with Crippen LogP contribution in [0.15, 0.2) is 12.1 Å². The van der Waals surface area contributed by atoms with E-state index in [-0.39, 0.29) is 10.8 Å². The smallest absolute Gasteiger partial charge is 0.0387 e. The van der Waals surface area contributed by atoms with Crippen molar-refractivity contribution in [3.8, 4) is 0 Å². The first kappa shape index (κ1) is 29.7. The molecule has 2 aromatic heterocycles. The summed E-state index contributed by atoms with van der Waals surface area (Å²) in [4.78, 5) is 3.11. The van der Waals surface area contributed by atoms with Gasteiger partial charge in [-0.05, 0) is 70.5 Å². The number of hydrogen-bond acceptors (Lipinski definition) is 2. The Hall–Kier alpha value is -0.860. The standard InChI is InChI=1S/C34H54S2/c1-9-11-13-15-17-19-21-25-27-23-29(33(3,4)5)36-32(27)26(22-20-18-16-14-12-10-2)28-24-30(34(6,7)8)35-31(25)28/h23-24H,9-22H2,1-8H3. The van der Waals surface area contributed by atoms with Gasteiger partial charge in [-0.25, -0.2) is 0 Å². The Balaban J connectivity index is 2.04. The molecule has 0 aliphatic heterocycles. The van der Waals surface area contributed by atoms with Crippen molar-refractivity contribution in [3.05, 3.63) is 33.0 Å². The zero-order chi connectivity index (χ0) is 26.3. The van der Waals surface area contributed by atoms with E-state index >= 15 is 0 Å². The third-order valence-corrected chi connectivity index (χ3v) is 10.9. The minimum atomic E-state index is 0.211. The molecule has 0 unspecified atom stereocenters. The van der Waals surface area contributed by atoms with Crippen LogP contribution in [0.1, 0.15) is 153 Å². The third kappa shape index (κ3) is 7.59. The molecule has 0 radical (unpaired) electrons. The molecule has 0 atom stereocenters. The lowest BCUT2D eigenvalue weighted by Crippen LogP contribution is -2.07. The quantitative estimate of drug-likeness (QED) is 0.183. The summed E-state index contributed by atoms with van der Waals surface area (Å²) in [5.41, 5.74) is 3.74. The first-order valence-electron chi connectivity index (χ1n) is 15.1. The topological polar surface area (TPSA) is 0 Å². The average Bonchev–Trinajstić information content (AvgIpc) is 3.44. The number of rotatable bonds is 14. The van der Waals surface area contributed by atoms with Crippen molar-refractivity contribution in [2.75, 3.05) is 0 Å². The molecule has 0 N–H and O–H groups in total. The van der Waals surface area contributed by atoms with Gasteiger partial charge in [-0.2, -0.15) is 0 Å². The van der Waals surface area contributed by atoms with Crippen LogP contribution in [-0.2, 0) is 23.7 Å². The van der Waals surface area contributed by atoms with Crippen LogP contribution in [0.3, 0.4) is 0 Å². The fourth-order valence-corrected chi connectivity index (χ4v) is 7.98. The molecule has 0 nitrogen and oxygen atoms in total. The predicted molar refractivity (Wildman–Crippen MR) is 169 cm³/mol. The van der Waals surface area contributed by atoms with Gasteiger partial charge in [0.2, 0.25) is 0 Å².